The molecule has 0 aromatic heterocycles. The van der Waals surface area contributed by atoms with Crippen molar-refractivity contribution in [3.8, 4) is 0 Å². The van der Waals surface area contributed by atoms with Crippen molar-refractivity contribution >= 4 is 10.0 Å². The molecule has 0 amide bonds. The molecule has 1 aromatic carbocycles. The molecule has 0 radical (unpaired) electrons. The lowest BCUT2D eigenvalue weighted by Crippen LogP contribution is -2.51. The summed E-state index contributed by atoms with van der Waals surface area (Å²) in [5.41, 5.74) is -0.859. The molecule has 2 fully saturated rings. The molecule has 1 saturated carbocycles. The Kier molecular flexibility index (Phi) is 7.81. The Labute approximate surface area is 177 Å². The highest BCUT2D eigenvalue weighted by Gasteiger charge is 2.35. The van der Waals surface area contributed by atoms with Crippen LogP contribution in [0.1, 0.15) is 51.0 Å². The molecule has 1 saturated heterocycles. The van der Waals surface area contributed by atoms with Gasteiger partial charge in [-0.05, 0) is 74.6 Å². The zero-order chi connectivity index (χ0) is 21.8. The third-order valence-corrected chi connectivity index (χ3v) is 7.53. The smallest absolute Gasteiger partial charge is 0.363 e. The van der Waals surface area contributed by atoms with Crippen LogP contribution in [0.4, 0.5) is 13.2 Å². The molecule has 1 unspecified atom stereocenters. The van der Waals surface area contributed by atoms with Gasteiger partial charge in [0.2, 0.25) is 10.0 Å². The van der Waals surface area contributed by atoms with Crippen LogP contribution in [-0.4, -0.2) is 45.8 Å². The van der Waals surface area contributed by atoms with Gasteiger partial charge in [0.15, 0.2) is 0 Å². The number of halogens is 3. The molecule has 1 N–H and O–H groups in total. The molecular formula is C21H31F3N2O3S. The van der Waals surface area contributed by atoms with E-state index in [0.717, 1.165) is 76.1 Å². The number of rotatable bonds is 9. The molecule has 1 aliphatic carbocycles. The monoisotopic (exact) mass is 448 g/mol. The predicted molar refractivity (Wildman–Crippen MR) is 108 cm³/mol. The first kappa shape index (κ1) is 23.5. The van der Waals surface area contributed by atoms with Crippen LogP contribution in [0.2, 0.25) is 0 Å². The van der Waals surface area contributed by atoms with Crippen molar-refractivity contribution in [1.82, 2.24) is 9.62 Å². The minimum Gasteiger partial charge on any atom is -0.363 e. The summed E-state index contributed by atoms with van der Waals surface area (Å²) in [7, 11) is -3.82. The zero-order valence-corrected chi connectivity index (χ0v) is 18.1. The van der Waals surface area contributed by atoms with E-state index in [1.165, 1.54) is 6.42 Å². The van der Waals surface area contributed by atoms with Gasteiger partial charge in [0.1, 0.15) is 6.23 Å². The Morgan fingerprint density at radius 2 is 1.77 bits per heavy atom. The Hall–Kier alpha value is -1.16. The fourth-order valence-corrected chi connectivity index (χ4v) is 5.30. The Morgan fingerprint density at radius 1 is 1.13 bits per heavy atom. The fourth-order valence-electron chi connectivity index (χ4n) is 4.18. The average Bonchev–Trinajstić information content (AvgIpc) is 2.68. The number of ether oxygens (including phenoxy) is 1. The summed E-state index contributed by atoms with van der Waals surface area (Å²) in [6, 6.07) is 3.60. The second-order valence-electron chi connectivity index (χ2n) is 8.31. The van der Waals surface area contributed by atoms with Crippen molar-refractivity contribution in [3.05, 3.63) is 29.8 Å². The maximum absolute atomic E-state index is 12.7. The van der Waals surface area contributed by atoms with Crippen molar-refractivity contribution in [2.45, 2.75) is 62.7 Å². The van der Waals surface area contributed by atoms with Crippen molar-refractivity contribution in [2.75, 3.05) is 26.2 Å². The average molecular weight is 449 g/mol. The molecule has 3 rings (SSSR count). The van der Waals surface area contributed by atoms with Gasteiger partial charge in [0.25, 0.3) is 0 Å². The zero-order valence-electron chi connectivity index (χ0n) is 17.3. The van der Waals surface area contributed by atoms with Crippen molar-refractivity contribution < 1.29 is 26.3 Å². The Morgan fingerprint density at radius 3 is 2.27 bits per heavy atom. The lowest BCUT2D eigenvalue weighted by molar-refractivity contribution is -0.137. The first-order valence-corrected chi connectivity index (χ1v) is 12.2. The molecule has 30 heavy (non-hydrogen) atoms. The standard InChI is InChI=1S/C21H31F3N2O3S/c1-2-14-29-20(26-12-3-13-26)17-6-4-16(5-7-17)15-25-30(27,28)19-10-8-18(9-11-19)21(22,23)24/h8-11,16-17,20,25H,2-7,12-15H2,1H3. The normalized spacial score (nSPS) is 24.4. The van der Waals surface area contributed by atoms with Crippen molar-refractivity contribution in [2.24, 2.45) is 11.8 Å². The van der Waals surface area contributed by atoms with Gasteiger partial charge in [-0.3, -0.25) is 4.90 Å². The predicted octanol–water partition coefficient (Wildman–Crippen LogP) is 4.25. The van der Waals surface area contributed by atoms with Crippen LogP contribution < -0.4 is 4.72 Å². The first-order valence-electron chi connectivity index (χ1n) is 10.7. The fraction of sp³-hybridized carbons (Fsp3) is 0.714. The summed E-state index contributed by atoms with van der Waals surface area (Å²) in [4.78, 5) is 2.25. The lowest BCUT2D eigenvalue weighted by atomic mass is 9.80. The van der Waals surface area contributed by atoms with Gasteiger partial charge in [-0.1, -0.05) is 6.92 Å². The Balaban J connectivity index is 1.49. The maximum Gasteiger partial charge on any atom is 0.416 e. The highest BCUT2D eigenvalue weighted by atomic mass is 32.2. The summed E-state index contributed by atoms with van der Waals surface area (Å²) in [5.74, 6) is 0.702. The van der Waals surface area contributed by atoms with E-state index in [1.54, 1.807) is 0 Å². The SMILES string of the molecule is CCCOC(C1CCC(CNS(=O)(=O)c2ccc(C(F)(F)F)cc2)CC1)N1CCC1. The summed E-state index contributed by atoms with van der Waals surface area (Å²) in [6.07, 6.45) is 1.72. The number of benzene rings is 1. The number of alkyl halides is 3. The van der Waals surface area contributed by atoms with Crippen molar-refractivity contribution in [3.63, 3.8) is 0 Å². The molecule has 1 atom stereocenters. The van der Waals surface area contributed by atoms with Gasteiger partial charge < -0.3 is 4.74 Å². The quantitative estimate of drug-likeness (QED) is 0.614. The number of likely N-dealkylation sites (tertiary alicyclic amines) is 1. The van der Waals surface area contributed by atoms with Gasteiger partial charge in [0.05, 0.1) is 10.5 Å². The molecule has 5 nitrogen and oxygen atoms in total. The van der Waals surface area contributed by atoms with E-state index in [1.807, 2.05) is 0 Å². The summed E-state index contributed by atoms with van der Waals surface area (Å²) < 4.78 is 71.6. The van der Waals surface area contributed by atoms with Gasteiger partial charge in [-0.25, -0.2) is 13.1 Å². The minimum atomic E-state index is -4.48. The number of nitrogens with zero attached hydrogens (tertiary/aromatic N) is 1. The van der Waals surface area contributed by atoms with Crippen LogP contribution >= 0.6 is 0 Å². The molecule has 170 valence electrons. The number of nitrogens with one attached hydrogen (secondary N) is 1. The summed E-state index contributed by atoms with van der Waals surface area (Å²) in [5, 5.41) is 0. The second-order valence-corrected chi connectivity index (χ2v) is 10.1. The van der Waals surface area contributed by atoms with Gasteiger partial charge in [-0.2, -0.15) is 13.2 Å². The van der Waals surface area contributed by atoms with Crippen LogP contribution in [0.3, 0.4) is 0 Å². The maximum atomic E-state index is 12.7. The minimum absolute atomic E-state index is 0.144. The first-order chi connectivity index (χ1) is 14.2. The van der Waals surface area contributed by atoms with E-state index in [-0.39, 0.29) is 17.0 Å². The molecule has 1 aliphatic heterocycles. The summed E-state index contributed by atoms with van der Waals surface area (Å²) >= 11 is 0. The van der Waals surface area contributed by atoms with Crippen molar-refractivity contribution in [1.29, 1.82) is 0 Å². The van der Waals surface area contributed by atoms with Crippen LogP contribution in [0.25, 0.3) is 0 Å². The highest BCUT2D eigenvalue weighted by Crippen LogP contribution is 2.35. The second kappa shape index (κ2) is 9.97. The largest absolute Gasteiger partial charge is 0.416 e. The lowest BCUT2D eigenvalue weighted by Gasteiger charge is -2.44. The molecule has 0 spiro atoms. The van der Waals surface area contributed by atoms with E-state index in [2.05, 4.69) is 16.5 Å². The molecule has 2 aliphatic rings. The van der Waals surface area contributed by atoms with Gasteiger partial charge >= 0.3 is 6.18 Å². The summed E-state index contributed by atoms with van der Waals surface area (Å²) in [6.45, 7) is 5.34. The van der Waals surface area contributed by atoms with E-state index in [4.69, 9.17) is 4.74 Å². The van der Waals surface area contributed by atoms with E-state index in [9.17, 15) is 21.6 Å². The topological polar surface area (TPSA) is 58.6 Å². The van der Waals surface area contributed by atoms with Crippen LogP contribution in [0.15, 0.2) is 29.2 Å². The van der Waals surface area contributed by atoms with Crippen LogP contribution in [-0.2, 0) is 20.9 Å². The highest BCUT2D eigenvalue weighted by molar-refractivity contribution is 7.89. The molecule has 1 heterocycles. The Bertz CT molecular complexity index is 772. The van der Waals surface area contributed by atoms with E-state index >= 15 is 0 Å². The van der Waals surface area contributed by atoms with E-state index in [0.29, 0.717) is 12.5 Å². The molecular weight excluding hydrogens is 417 g/mol. The third-order valence-electron chi connectivity index (χ3n) is 6.09. The number of sulfonamides is 1. The van der Waals surface area contributed by atoms with Crippen LogP contribution in [0.5, 0.6) is 0 Å². The van der Waals surface area contributed by atoms with Gasteiger partial charge in [0, 0.05) is 26.2 Å². The van der Waals surface area contributed by atoms with Gasteiger partial charge in [-0.15, -0.1) is 0 Å². The van der Waals surface area contributed by atoms with Crippen LogP contribution in [0, 0.1) is 11.8 Å². The molecule has 0 bridgehead atoms. The molecule has 1 aromatic rings. The number of hydrogen-bond donors (Lipinski definition) is 1. The third kappa shape index (κ3) is 5.96. The van der Waals surface area contributed by atoms with E-state index < -0.39 is 21.8 Å². The molecule has 9 heteroatoms. The number of hydrogen-bond acceptors (Lipinski definition) is 4.